The van der Waals surface area contributed by atoms with Gasteiger partial charge in [-0.3, -0.25) is 0 Å². The number of hydrogen-bond acceptors (Lipinski definition) is 0. The fraction of sp³-hybridized carbons (Fsp3) is 0.0769. The second-order valence-corrected chi connectivity index (χ2v) is 28.9. The fourth-order valence-electron chi connectivity index (χ4n) is 4.26. The third kappa shape index (κ3) is 3.61. The maximum absolute atomic E-state index is 3.10. The van der Waals surface area contributed by atoms with Crippen LogP contribution in [0.5, 0.6) is 0 Å². The molecule has 0 fully saturated rings. The minimum absolute atomic E-state index is 0.539. The van der Waals surface area contributed by atoms with Gasteiger partial charge in [0.05, 0.1) is 0 Å². The molecule has 0 atom stereocenters. The van der Waals surface area contributed by atoms with Crippen LogP contribution in [0.1, 0.15) is 11.1 Å². The molecule has 28 heavy (non-hydrogen) atoms. The summed E-state index contributed by atoms with van der Waals surface area (Å²) in [6.07, 6.45) is 0. The number of benzene rings is 4. The molecular weight excluding hydrogens is 459 g/mol. The zero-order valence-electron chi connectivity index (χ0n) is 16.6. The number of hydrogen-bond donors (Lipinski definition) is 0. The van der Waals surface area contributed by atoms with Gasteiger partial charge in [0, 0.05) is 0 Å². The molecule has 4 aromatic carbocycles. The summed E-state index contributed by atoms with van der Waals surface area (Å²) in [7, 11) is -0.539. The van der Waals surface area contributed by atoms with E-state index in [0.717, 1.165) is 0 Å². The summed E-state index contributed by atoms with van der Waals surface area (Å²) in [6.45, 7) is 4.56. The standard InChI is InChI=1S/C8H11Si.3C6H5.Sn/c1-6-4-3-5-8(9)7(6)2;3*1-2-4-6-5-3-1;/h3-5H,9H2,1-2H3;3*1-5H;. The molecule has 0 saturated heterocycles. The second-order valence-electron chi connectivity index (χ2n) is 7.54. The van der Waals surface area contributed by atoms with Gasteiger partial charge in [-0.25, -0.2) is 0 Å². The van der Waals surface area contributed by atoms with Crippen molar-refractivity contribution in [2.45, 2.75) is 13.8 Å². The van der Waals surface area contributed by atoms with E-state index in [4.69, 9.17) is 0 Å². The van der Waals surface area contributed by atoms with Gasteiger partial charge in [0.2, 0.25) is 0 Å². The minimum atomic E-state index is -3.10. The van der Waals surface area contributed by atoms with Crippen LogP contribution in [0.4, 0.5) is 0 Å². The van der Waals surface area contributed by atoms with Gasteiger partial charge in [0.25, 0.3) is 0 Å². The Bertz CT molecular complexity index is 947. The van der Waals surface area contributed by atoms with E-state index in [1.54, 1.807) is 15.9 Å². The van der Waals surface area contributed by atoms with E-state index >= 15 is 0 Å². The van der Waals surface area contributed by atoms with E-state index in [9.17, 15) is 0 Å². The van der Waals surface area contributed by atoms with Gasteiger partial charge in [-0.1, -0.05) is 0 Å². The van der Waals surface area contributed by atoms with Crippen LogP contribution < -0.4 is 15.9 Å². The van der Waals surface area contributed by atoms with Gasteiger partial charge < -0.3 is 0 Å². The van der Waals surface area contributed by atoms with Gasteiger partial charge in [-0.05, 0) is 0 Å². The molecule has 0 aromatic heterocycles. The first kappa shape index (κ1) is 19.2. The normalized spacial score (nSPS) is 11.8. The third-order valence-corrected chi connectivity index (χ3v) is 35.0. The number of aryl methyl sites for hydroxylation is 1. The predicted molar refractivity (Wildman–Crippen MR) is 128 cm³/mol. The van der Waals surface area contributed by atoms with Crippen molar-refractivity contribution < 1.29 is 0 Å². The maximum atomic E-state index is 2.40. The first-order chi connectivity index (χ1) is 13.7. The molecular formula is C26H26SiSn. The van der Waals surface area contributed by atoms with Crippen LogP contribution in [0.15, 0.2) is 109 Å². The quantitative estimate of drug-likeness (QED) is 0.382. The van der Waals surface area contributed by atoms with Crippen LogP contribution in [0.2, 0.25) is 0 Å². The first-order valence-electron chi connectivity index (χ1n) is 9.93. The van der Waals surface area contributed by atoms with Crippen LogP contribution in [0.25, 0.3) is 0 Å². The van der Waals surface area contributed by atoms with Gasteiger partial charge in [0.15, 0.2) is 0 Å². The summed E-state index contributed by atoms with van der Waals surface area (Å²) < 4.78 is 4.80. The fourth-order valence-corrected chi connectivity index (χ4v) is 33.8. The molecule has 0 N–H and O–H groups in total. The van der Waals surface area contributed by atoms with E-state index in [-0.39, 0.29) is 0 Å². The first-order valence-corrected chi connectivity index (χ1v) is 21.7. The van der Waals surface area contributed by atoms with Crippen molar-refractivity contribution in [2.24, 2.45) is 0 Å². The Morgan fingerprint density at radius 1 is 0.500 bits per heavy atom. The van der Waals surface area contributed by atoms with Crippen LogP contribution >= 0.6 is 0 Å². The van der Waals surface area contributed by atoms with Crippen LogP contribution in [-0.4, -0.2) is 24.6 Å². The zero-order chi connectivity index (χ0) is 19.4. The van der Waals surface area contributed by atoms with Crippen molar-refractivity contribution in [1.82, 2.24) is 0 Å². The van der Waals surface area contributed by atoms with E-state index in [1.165, 1.54) is 11.1 Å². The van der Waals surface area contributed by atoms with Crippen molar-refractivity contribution in [1.29, 1.82) is 0 Å². The average molecular weight is 485 g/mol. The molecule has 0 aliphatic heterocycles. The molecule has 0 spiro atoms. The molecule has 0 unspecified atom stereocenters. The van der Waals surface area contributed by atoms with Gasteiger partial charge in [0.1, 0.15) is 0 Å². The summed E-state index contributed by atoms with van der Waals surface area (Å²) in [4.78, 5) is 0. The number of rotatable bonds is 5. The second kappa shape index (κ2) is 8.50. The molecule has 0 aliphatic carbocycles. The summed E-state index contributed by atoms with van der Waals surface area (Å²) in [6, 6.07) is 41.1. The SMILES string of the molecule is Cc1cccc([SiH2][Sn]([c]2ccccc2)([c]2ccccc2)[c]2ccccc2)c1C. The Morgan fingerprint density at radius 2 is 0.929 bits per heavy atom. The molecule has 4 rings (SSSR count). The summed E-state index contributed by atoms with van der Waals surface area (Å²) >= 11 is -3.10. The molecule has 0 bridgehead atoms. The van der Waals surface area contributed by atoms with Crippen molar-refractivity contribution in [3.63, 3.8) is 0 Å². The van der Waals surface area contributed by atoms with Crippen molar-refractivity contribution in [2.75, 3.05) is 0 Å². The molecule has 0 heterocycles. The molecule has 0 amide bonds. The Morgan fingerprint density at radius 3 is 1.36 bits per heavy atom. The summed E-state index contributed by atoms with van der Waals surface area (Å²) in [5.41, 5.74) is 2.91. The Hall–Kier alpha value is -2.10. The van der Waals surface area contributed by atoms with Crippen LogP contribution in [-0.2, 0) is 0 Å². The summed E-state index contributed by atoms with van der Waals surface area (Å²) in [5, 5.41) is 1.63. The van der Waals surface area contributed by atoms with Gasteiger partial charge in [-0.15, -0.1) is 0 Å². The van der Waals surface area contributed by atoms with E-state index in [2.05, 4.69) is 123 Å². The third-order valence-electron chi connectivity index (χ3n) is 5.97. The molecule has 0 aliphatic rings. The Labute approximate surface area is 174 Å². The molecule has 4 aromatic rings. The molecule has 2 heteroatoms. The van der Waals surface area contributed by atoms with Crippen molar-refractivity contribution >= 4 is 40.5 Å². The van der Waals surface area contributed by atoms with Crippen molar-refractivity contribution in [3.8, 4) is 0 Å². The molecule has 0 radical (unpaired) electrons. The zero-order valence-corrected chi connectivity index (χ0v) is 20.9. The van der Waals surface area contributed by atoms with Crippen LogP contribution in [0, 0.1) is 13.8 Å². The molecule has 0 nitrogen and oxygen atoms in total. The predicted octanol–water partition coefficient (Wildman–Crippen LogP) is 2.76. The average Bonchev–Trinajstić information content (AvgIpc) is 2.77. The monoisotopic (exact) mass is 486 g/mol. The van der Waals surface area contributed by atoms with E-state index in [0.29, 0.717) is 0 Å². The van der Waals surface area contributed by atoms with Gasteiger partial charge in [-0.2, -0.15) is 0 Å². The Balaban J connectivity index is 2.02. The topological polar surface area (TPSA) is 0 Å². The van der Waals surface area contributed by atoms with Crippen LogP contribution in [0.3, 0.4) is 0 Å². The van der Waals surface area contributed by atoms with Gasteiger partial charge >= 0.3 is 175 Å². The Kier molecular flexibility index (Phi) is 5.84. The molecule has 0 saturated carbocycles. The molecule has 138 valence electrons. The van der Waals surface area contributed by atoms with E-state index < -0.39 is 24.6 Å². The van der Waals surface area contributed by atoms with E-state index in [1.807, 2.05) is 0 Å². The summed E-state index contributed by atoms with van der Waals surface area (Å²) in [5.74, 6) is 0. The van der Waals surface area contributed by atoms with Crippen molar-refractivity contribution in [3.05, 3.63) is 120 Å².